The molecule has 0 radical (unpaired) electrons. The van der Waals surface area contributed by atoms with Crippen molar-refractivity contribution in [3.63, 3.8) is 0 Å². The second-order valence-electron chi connectivity index (χ2n) is 14.2. The van der Waals surface area contributed by atoms with Gasteiger partial charge in [-0.2, -0.15) is 0 Å². The molecule has 0 saturated heterocycles. The van der Waals surface area contributed by atoms with E-state index in [2.05, 4.69) is 195 Å². The minimum absolute atomic E-state index is 0.0185. The standard InChI is InChI=1S/C49H35NS/c1-49(2)45-14-8-6-12-41(45)42-26-21-37(31-46(42)49)32-18-23-39(24-19-32)50(38-10-4-3-5-11-38)40-25-20-34-28-33(16-17-35(34)29-40)36-22-27-48-44(30-36)43-13-7-9-15-47(43)51-48/h3-31H,1-2H3. The van der Waals surface area contributed by atoms with E-state index >= 15 is 0 Å². The third-order valence-electron chi connectivity index (χ3n) is 10.8. The molecular formula is C49H35NS. The first kappa shape index (κ1) is 29.9. The molecule has 1 heterocycles. The highest BCUT2D eigenvalue weighted by Gasteiger charge is 2.35. The zero-order valence-corrected chi connectivity index (χ0v) is 29.4. The van der Waals surface area contributed by atoms with Gasteiger partial charge in [-0.3, -0.25) is 0 Å². The summed E-state index contributed by atoms with van der Waals surface area (Å²) in [5, 5.41) is 5.12. The van der Waals surface area contributed by atoms with Gasteiger partial charge in [0.15, 0.2) is 0 Å². The van der Waals surface area contributed by atoms with Crippen LogP contribution in [0.2, 0.25) is 0 Å². The lowest BCUT2D eigenvalue weighted by atomic mass is 9.81. The van der Waals surface area contributed by atoms with Crippen molar-refractivity contribution in [1.29, 1.82) is 0 Å². The number of hydrogen-bond acceptors (Lipinski definition) is 2. The van der Waals surface area contributed by atoms with E-state index in [-0.39, 0.29) is 5.41 Å². The summed E-state index contributed by atoms with van der Waals surface area (Å²) < 4.78 is 2.67. The van der Waals surface area contributed by atoms with E-state index in [1.165, 1.54) is 75.5 Å². The van der Waals surface area contributed by atoms with Crippen molar-refractivity contribution in [2.45, 2.75) is 19.3 Å². The second kappa shape index (κ2) is 11.6. The largest absolute Gasteiger partial charge is 0.310 e. The van der Waals surface area contributed by atoms with Crippen molar-refractivity contribution in [1.82, 2.24) is 0 Å². The van der Waals surface area contributed by atoms with E-state index in [0.717, 1.165) is 17.1 Å². The van der Waals surface area contributed by atoms with Crippen LogP contribution in [0.1, 0.15) is 25.0 Å². The highest BCUT2D eigenvalue weighted by atomic mass is 32.1. The molecule has 1 nitrogen and oxygen atoms in total. The van der Waals surface area contributed by atoms with Crippen LogP contribution in [-0.2, 0) is 5.41 Å². The molecule has 8 aromatic carbocycles. The van der Waals surface area contributed by atoms with E-state index in [1.54, 1.807) is 0 Å². The Kier molecular flexibility index (Phi) is 6.78. The summed E-state index contributed by atoms with van der Waals surface area (Å²) in [7, 11) is 0. The lowest BCUT2D eigenvalue weighted by Gasteiger charge is -2.26. The lowest BCUT2D eigenvalue weighted by Crippen LogP contribution is -2.14. The summed E-state index contributed by atoms with van der Waals surface area (Å²) in [5.41, 5.74) is 13.9. The number of rotatable bonds is 5. The summed E-state index contributed by atoms with van der Waals surface area (Å²) in [5.74, 6) is 0. The Hall–Kier alpha value is -5.96. The highest BCUT2D eigenvalue weighted by Crippen LogP contribution is 2.49. The van der Waals surface area contributed by atoms with Gasteiger partial charge in [0.2, 0.25) is 0 Å². The SMILES string of the molecule is CC1(C)c2ccccc2-c2ccc(-c3ccc(N(c4ccccc4)c4ccc5cc(-c6ccc7sc8ccccc8c7c6)ccc5c4)cc3)cc21. The number of para-hydroxylation sites is 1. The molecule has 0 fully saturated rings. The average molecular weight is 670 g/mol. The molecule has 10 rings (SSSR count). The van der Waals surface area contributed by atoms with Crippen molar-refractivity contribution in [3.05, 3.63) is 187 Å². The lowest BCUT2D eigenvalue weighted by molar-refractivity contribution is 0.660. The molecule has 9 aromatic rings. The summed E-state index contributed by atoms with van der Waals surface area (Å²) in [6.07, 6.45) is 0. The molecule has 2 heteroatoms. The second-order valence-corrected chi connectivity index (χ2v) is 15.3. The van der Waals surface area contributed by atoms with Gasteiger partial charge in [-0.25, -0.2) is 0 Å². The molecule has 0 unspecified atom stereocenters. The van der Waals surface area contributed by atoms with Crippen LogP contribution >= 0.6 is 11.3 Å². The average Bonchev–Trinajstić information content (AvgIpc) is 3.67. The third kappa shape index (κ3) is 4.90. The minimum atomic E-state index is -0.0185. The van der Waals surface area contributed by atoms with Gasteiger partial charge < -0.3 is 4.90 Å². The Morgan fingerprint density at radius 3 is 1.86 bits per heavy atom. The van der Waals surface area contributed by atoms with Crippen molar-refractivity contribution in [2.75, 3.05) is 4.90 Å². The molecule has 1 aliphatic rings. The Morgan fingerprint density at radius 1 is 0.392 bits per heavy atom. The molecule has 0 aliphatic heterocycles. The predicted molar refractivity (Wildman–Crippen MR) is 220 cm³/mol. The third-order valence-corrected chi connectivity index (χ3v) is 12.0. The maximum atomic E-state index is 2.40. The van der Waals surface area contributed by atoms with Crippen LogP contribution in [0.3, 0.4) is 0 Å². The van der Waals surface area contributed by atoms with Crippen molar-refractivity contribution >= 4 is 59.3 Å². The number of anilines is 3. The fraction of sp³-hybridized carbons (Fsp3) is 0.0612. The predicted octanol–water partition coefficient (Wildman–Crippen LogP) is 14.3. The Labute approximate surface area is 302 Å². The molecule has 51 heavy (non-hydrogen) atoms. The molecule has 1 aromatic heterocycles. The number of nitrogens with zero attached hydrogens (tertiary/aromatic N) is 1. The van der Waals surface area contributed by atoms with E-state index in [1.807, 2.05) is 11.3 Å². The Morgan fingerprint density at radius 2 is 0.980 bits per heavy atom. The van der Waals surface area contributed by atoms with Gasteiger partial charge in [-0.1, -0.05) is 123 Å². The van der Waals surface area contributed by atoms with Crippen molar-refractivity contribution < 1.29 is 0 Å². The highest BCUT2D eigenvalue weighted by molar-refractivity contribution is 7.25. The van der Waals surface area contributed by atoms with Crippen molar-refractivity contribution in [3.8, 4) is 33.4 Å². The molecule has 242 valence electrons. The smallest absolute Gasteiger partial charge is 0.0468 e. The first-order valence-electron chi connectivity index (χ1n) is 17.7. The zero-order valence-electron chi connectivity index (χ0n) is 28.6. The van der Waals surface area contributed by atoms with Crippen LogP contribution in [0.4, 0.5) is 17.1 Å². The van der Waals surface area contributed by atoms with Crippen molar-refractivity contribution in [2.24, 2.45) is 0 Å². The molecular weight excluding hydrogens is 635 g/mol. The number of benzene rings is 8. The number of hydrogen-bond donors (Lipinski definition) is 0. The Bertz CT molecular complexity index is 2770. The van der Waals surface area contributed by atoms with Crippen LogP contribution in [-0.4, -0.2) is 0 Å². The number of thiophene rings is 1. The van der Waals surface area contributed by atoms with Crippen LogP contribution < -0.4 is 4.90 Å². The topological polar surface area (TPSA) is 3.24 Å². The monoisotopic (exact) mass is 669 g/mol. The normalized spacial score (nSPS) is 13.1. The molecule has 0 saturated carbocycles. The summed E-state index contributed by atoms with van der Waals surface area (Å²) in [6.45, 7) is 4.69. The van der Waals surface area contributed by atoms with Crippen LogP contribution in [0.25, 0.3) is 64.3 Å². The maximum absolute atomic E-state index is 2.40. The Balaban J connectivity index is 0.996. The zero-order chi connectivity index (χ0) is 34.1. The molecule has 0 N–H and O–H groups in total. The fourth-order valence-electron chi connectivity index (χ4n) is 8.17. The van der Waals surface area contributed by atoms with Crippen LogP contribution in [0.15, 0.2) is 176 Å². The van der Waals surface area contributed by atoms with E-state index in [4.69, 9.17) is 0 Å². The van der Waals surface area contributed by atoms with Gasteiger partial charge in [0, 0.05) is 42.6 Å². The van der Waals surface area contributed by atoms with Gasteiger partial charge >= 0.3 is 0 Å². The summed E-state index contributed by atoms with van der Waals surface area (Å²) in [6, 6.07) is 64.8. The van der Waals surface area contributed by atoms with Gasteiger partial charge in [0.25, 0.3) is 0 Å². The van der Waals surface area contributed by atoms with Crippen LogP contribution in [0, 0.1) is 0 Å². The first-order chi connectivity index (χ1) is 25.0. The molecule has 0 amide bonds. The molecule has 1 aliphatic carbocycles. The quantitative estimate of drug-likeness (QED) is 0.176. The van der Waals surface area contributed by atoms with Gasteiger partial charge in [0.1, 0.15) is 0 Å². The summed E-state index contributed by atoms with van der Waals surface area (Å²) >= 11 is 1.87. The molecule has 0 atom stereocenters. The van der Waals surface area contributed by atoms with E-state index in [9.17, 15) is 0 Å². The van der Waals surface area contributed by atoms with E-state index < -0.39 is 0 Å². The van der Waals surface area contributed by atoms with Crippen LogP contribution in [0.5, 0.6) is 0 Å². The molecule has 0 bridgehead atoms. The van der Waals surface area contributed by atoms with Gasteiger partial charge in [-0.15, -0.1) is 11.3 Å². The maximum Gasteiger partial charge on any atom is 0.0468 e. The minimum Gasteiger partial charge on any atom is -0.310 e. The number of fused-ring (bicyclic) bond motifs is 7. The fourth-order valence-corrected chi connectivity index (χ4v) is 9.25. The summed E-state index contributed by atoms with van der Waals surface area (Å²) in [4.78, 5) is 2.36. The first-order valence-corrected chi connectivity index (χ1v) is 18.5. The van der Waals surface area contributed by atoms with E-state index in [0.29, 0.717) is 0 Å². The van der Waals surface area contributed by atoms with Gasteiger partial charge in [0.05, 0.1) is 0 Å². The van der Waals surface area contributed by atoms with Gasteiger partial charge in [-0.05, 0) is 122 Å². The molecule has 0 spiro atoms.